The van der Waals surface area contributed by atoms with E-state index in [9.17, 15) is 0 Å². The van der Waals surface area contributed by atoms with Gasteiger partial charge in [0.05, 0.1) is 13.2 Å². The van der Waals surface area contributed by atoms with Crippen molar-refractivity contribution in [3.05, 3.63) is 48.5 Å². The van der Waals surface area contributed by atoms with Gasteiger partial charge in [0.1, 0.15) is 11.5 Å². The molecule has 12 heteroatoms. The SMILES string of the molecule is CCCSP(=S)(OCC)Oc1ccc(SC)cc1.CCCSP(=S)(OCC)Oc1ccc(SC)cc1. The summed E-state index contributed by atoms with van der Waals surface area (Å²) in [6.45, 7) is 9.35. The summed E-state index contributed by atoms with van der Waals surface area (Å²) in [6, 6.07) is 16.0. The molecule has 0 radical (unpaired) electrons. The summed E-state index contributed by atoms with van der Waals surface area (Å²) in [4.78, 5) is 2.43. The van der Waals surface area contributed by atoms with E-state index >= 15 is 0 Å². The molecule has 204 valence electrons. The fraction of sp³-hybridized carbons (Fsp3) is 0.500. The molecule has 2 atom stereocenters. The lowest BCUT2D eigenvalue weighted by Crippen LogP contribution is -1.95. The highest BCUT2D eigenvalue weighted by atomic mass is 32.9. The Labute approximate surface area is 245 Å². The highest BCUT2D eigenvalue weighted by Crippen LogP contribution is 2.61. The number of thioether (sulfide) groups is 2. The van der Waals surface area contributed by atoms with Crippen molar-refractivity contribution in [3.8, 4) is 11.5 Å². The summed E-state index contributed by atoms with van der Waals surface area (Å²) < 4.78 is 23.1. The first-order valence-corrected chi connectivity index (χ1v) is 22.6. The smallest absolute Gasteiger partial charge is 0.297 e. The van der Waals surface area contributed by atoms with Crippen LogP contribution < -0.4 is 9.05 Å². The van der Waals surface area contributed by atoms with Crippen molar-refractivity contribution in [1.29, 1.82) is 0 Å². The van der Waals surface area contributed by atoms with E-state index < -0.39 is 11.4 Å². The van der Waals surface area contributed by atoms with Crippen molar-refractivity contribution in [2.45, 2.75) is 50.3 Å². The highest BCUT2D eigenvalue weighted by molar-refractivity contribution is 8.68. The first-order chi connectivity index (χ1) is 17.3. The summed E-state index contributed by atoms with van der Waals surface area (Å²) in [5.74, 6) is 3.54. The normalized spacial score (nSPS) is 14.2. The third kappa shape index (κ3) is 14.2. The Morgan fingerprint density at radius 3 is 1.19 bits per heavy atom. The van der Waals surface area contributed by atoms with Crippen LogP contribution in [-0.4, -0.2) is 37.2 Å². The lowest BCUT2D eigenvalue weighted by Gasteiger charge is -2.21. The van der Waals surface area contributed by atoms with Crippen molar-refractivity contribution >= 4 is 81.3 Å². The van der Waals surface area contributed by atoms with Gasteiger partial charge in [0.25, 0.3) is 11.4 Å². The third-order valence-electron chi connectivity index (χ3n) is 4.03. The molecule has 2 aromatic carbocycles. The Hall–Kier alpha value is 0.660. The van der Waals surface area contributed by atoms with Crippen LogP contribution in [0.15, 0.2) is 58.3 Å². The molecule has 2 rings (SSSR count). The second kappa shape index (κ2) is 19.7. The van der Waals surface area contributed by atoms with E-state index in [2.05, 4.69) is 26.4 Å². The highest BCUT2D eigenvalue weighted by Gasteiger charge is 2.21. The Kier molecular flexibility index (Phi) is 19.0. The minimum Gasteiger partial charge on any atom is -0.436 e. The quantitative estimate of drug-likeness (QED) is 0.130. The van der Waals surface area contributed by atoms with Gasteiger partial charge in [-0.2, -0.15) is 0 Å². The number of hydrogen-bond acceptors (Lipinski definition) is 10. The lowest BCUT2D eigenvalue weighted by atomic mass is 10.3. The molecule has 0 aromatic heterocycles. The fourth-order valence-corrected chi connectivity index (χ4v) is 12.7. The van der Waals surface area contributed by atoms with Crippen LogP contribution in [0.4, 0.5) is 0 Å². The monoisotopic (exact) mass is 644 g/mol. The second-order valence-electron chi connectivity index (χ2n) is 6.93. The first-order valence-electron chi connectivity index (χ1n) is 11.7. The second-order valence-corrected chi connectivity index (χ2v) is 21.4. The molecule has 2 aromatic rings. The number of rotatable bonds is 16. The van der Waals surface area contributed by atoms with E-state index in [4.69, 9.17) is 41.7 Å². The van der Waals surface area contributed by atoms with Crippen LogP contribution in [-0.2, 0) is 32.7 Å². The Morgan fingerprint density at radius 2 is 0.944 bits per heavy atom. The first kappa shape index (κ1) is 34.7. The molecule has 36 heavy (non-hydrogen) atoms. The molecule has 0 saturated heterocycles. The summed E-state index contributed by atoms with van der Waals surface area (Å²) >= 11 is 17.7. The maximum absolute atomic E-state index is 5.90. The van der Waals surface area contributed by atoms with Gasteiger partial charge in [-0.3, -0.25) is 0 Å². The molecular formula is C24H38O4P2S6. The summed E-state index contributed by atoms with van der Waals surface area (Å²) in [5.41, 5.74) is -4.48. The van der Waals surface area contributed by atoms with Gasteiger partial charge in [-0.1, -0.05) is 36.6 Å². The maximum Gasteiger partial charge on any atom is 0.297 e. The molecule has 4 nitrogen and oxygen atoms in total. The maximum atomic E-state index is 5.90. The van der Waals surface area contributed by atoms with E-state index in [0.717, 1.165) is 35.8 Å². The van der Waals surface area contributed by atoms with Gasteiger partial charge in [-0.15, -0.1) is 23.5 Å². The number of benzene rings is 2. The van der Waals surface area contributed by atoms with E-state index in [1.807, 2.05) is 62.4 Å². The molecule has 0 saturated carbocycles. The molecule has 0 heterocycles. The van der Waals surface area contributed by atoms with E-state index in [0.29, 0.717) is 13.2 Å². The van der Waals surface area contributed by atoms with E-state index in [1.165, 1.54) is 9.79 Å². The van der Waals surface area contributed by atoms with Crippen LogP contribution in [0.2, 0.25) is 0 Å². The average Bonchev–Trinajstić information content (AvgIpc) is 2.88. The minimum atomic E-state index is -2.24. The van der Waals surface area contributed by atoms with Gasteiger partial charge in [0.15, 0.2) is 0 Å². The lowest BCUT2D eigenvalue weighted by molar-refractivity contribution is 0.344. The van der Waals surface area contributed by atoms with Gasteiger partial charge >= 0.3 is 0 Å². The van der Waals surface area contributed by atoms with Crippen LogP contribution in [0.1, 0.15) is 40.5 Å². The van der Waals surface area contributed by atoms with Gasteiger partial charge in [-0.05, 0) is 111 Å². The zero-order valence-corrected chi connectivity index (χ0v) is 28.5. The molecule has 0 amide bonds. The van der Waals surface area contributed by atoms with Crippen LogP contribution in [0.3, 0.4) is 0 Å². The van der Waals surface area contributed by atoms with Crippen molar-refractivity contribution < 1.29 is 18.1 Å². The van der Waals surface area contributed by atoms with E-state index in [-0.39, 0.29) is 0 Å². The Balaban J connectivity index is 0.000000360. The Bertz CT molecular complexity index is 867. The predicted octanol–water partition coefficient (Wildman–Crippen LogP) is 10.4. The van der Waals surface area contributed by atoms with E-state index in [1.54, 1.807) is 46.3 Å². The summed E-state index contributed by atoms with van der Waals surface area (Å²) in [5, 5.41) is 0. The van der Waals surface area contributed by atoms with Gasteiger partial charge in [-0.25, -0.2) is 0 Å². The molecule has 0 aliphatic rings. The molecule has 0 N–H and O–H groups in total. The molecular weight excluding hydrogens is 607 g/mol. The topological polar surface area (TPSA) is 36.9 Å². The zero-order chi connectivity index (χ0) is 26.9. The standard InChI is InChI=1S/2C12H19O2PS3/c2*1-4-10-18-15(16,13-5-2)14-11-6-8-12(17-3)9-7-11/h2*6-9H,4-5,10H2,1-3H3. The van der Waals surface area contributed by atoms with Crippen LogP contribution in [0.25, 0.3) is 0 Å². The van der Waals surface area contributed by atoms with Gasteiger partial charge in [0.2, 0.25) is 0 Å². The fourth-order valence-electron chi connectivity index (χ4n) is 2.43. The van der Waals surface area contributed by atoms with Crippen LogP contribution >= 0.6 is 57.7 Å². The predicted molar refractivity (Wildman–Crippen MR) is 175 cm³/mol. The molecule has 0 fully saturated rings. The Morgan fingerprint density at radius 1 is 0.611 bits per heavy atom. The average molecular weight is 645 g/mol. The third-order valence-corrected chi connectivity index (χ3v) is 16.4. The number of hydrogen-bond donors (Lipinski definition) is 0. The molecule has 2 unspecified atom stereocenters. The summed E-state index contributed by atoms with van der Waals surface area (Å²) in [6.07, 6.45) is 6.25. The van der Waals surface area contributed by atoms with Gasteiger partial charge < -0.3 is 18.1 Å². The zero-order valence-electron chi connectivity index (χ0n) is 21.8. The molecule has 0 aliphatic heterocycles. The largest absolute Gasteiger partial charge is 0.436 e. The molecule has 0 spiro atoms. The van der Waals surface area contributed by atoms with Gasteiger partial charge in [0, 0.05) is 21.3 Å². The van der Waals surface area contributed by atoms with Crippen molar-refractivity contribution in [3.63, 3.8) is 0 Å². The van der Waals surface area contributed by atoms with Crippen molar-refractivity contribution in [1.82, 2.24) is 0 Å². The van der Waals surface area contributed by atoms with Crippen LogP contribution in [0, 0.1) is 0 Å². The van der Waals surface area contributed by atoms with Crippen molar-refractivity contribution in [2.24, 2.45) is 0 Å². The summed E-state index contributed by atoms with van der Waals surface area (Å²) in [7, 11) is 0. The molecule has 0 bridgehead atoms. The molecule has 0 aliphatic carbocycles. The van der Waals surface area contributed by atoms with Crippen LogP contribution in [0.5, 0.6) is 11.5 Å². The minimum absolute atomic E-state index is 0.594. The van der Waals surface area contributed by atoms with Crippen molar-refractivity contribution in [2.75, 3.05) is 37.2 Å².